The lowest BCUT2D eigenvalue weighted by molar-refractivity contribution is -0.384. The van der Waals surface area contributed by atoms with Crippen molar-refractivity contribution in [2.45, 2.75) is 0 Å². The van der Waals surface area contributed by atoms with Crippen molar-refractivity contribution < 1.29 is 4.92 Å². The molecule has 0 aliphatic carbocycles. The molecule has 2 aromatic rings. The quantitative estimate of drug-likeness (QED) is 0.626. The summed E-state index contributed by atoms with van der Waals surface area (Å²) in [7, 11) is 0. The normalized spacial score (nSPS) is 10.2. The van der Waals surface area contributed by atoms with E-state index >= 15 is 0 Å². The number of nitro groups is 1. The summed E-state index contributed by atoms with van der Waals surface area (Å²) >= 11 is 5.70. The van der Waals surface area contributed by atoms with Crippen LogP contribution in [-0.4, -0.2) is 9.91 Å². The summed E-state index contributed by atoms with van der Waals surface area (Å²) in [5, 5.41) is 11.0. The fourth-order valence-corrected chi connectivity index (χ4v) is 1.58. The first-order valence-electron chi connectivity index (χ1n) is 4.27. The van der Waals surface area contributed by atoms with Gasteiger partial charge in [-0.05, 0) is 0 Å². The van der Waals surface area contributed by atoms with E-state index in [1.54, 1.807) is 12.1 Å². The van der Waals surface area contributed by atoms with Gasteiger partial charge in [-0.25, -0.2) is 0 Å². The number of hydrogen-bond donors (Lipinski definition) is 1. The highest BCUT2D eigenvalue weighted by atomic mass is 35.5. The zero-order valence-electron chi connectivity index (χ0n) is 7.61. The number of nitrogens with zero attached hydrogens (tertiary/aromatic N) is 1. The second-order valence-electron chi connectivity index (χ2n) is 3.00. The minimum Gasteiger partial charge on any atom is -0.340 e. The standard InChI is InChI=1S/C10H7ClN2O2/c11-9-6-8(13(14)15)10(12-9)7-4-2-1-3-5-7/h1-6,12H. The third-order valence-corrected chi connectivity index (χ3v) is 2.23. The average molecular weight is 223 g/mol. The Bertz CT molecular complexity index is 493. The van der Waals surface area contributed by atoms with Gasteiger partial charge in [-0.1, -0.05) is 41.9 Å². The number of H-pyrrole nitrogens is 1. The predicted octanol–water partition coefficient (Wildman–Crippen LogP) is 3.24. The Balaban J connectivity index is 2.58. The van der Waals surface area contributed by atoms with Crippen molar-refractivity contribution in [2.75, 3.05) is 0 Å². The van der Waals surface area contributed by atoms with Crippen LogP contribution in [0, 0.1) is 10.1 Å². The zero-order chi connectivity index (χ0) is 10.8. The highest BCUT2D eigenvalue weighted by Crippen LogP contribution is 2.31. The van der Waals surface area contributed by atoms with Crippen molar-refractivity contribution in [1.29, 1.82) is 0 Å². The second kappa shape index (κ2) is 3.74. The fraction of sp³-hybridized carbons (Fsp3) is 0. The molecular formula is C10H7ClN2O2. The van der Waals surface area contributed by atoms with Gasteiger partial charge in [0.1, 0.15) is 10.8 Å². The smallest absolute Gasteiger partial charge is 0.296 e. The Morgan fingerprint density at radius 2 is 1.93 bits per heavy atom. The topological polar surface area (TPSA) is 58.9 Å². The maximum absolute atomic E-state index is 10.7. The van der Waals surface area contributed by atoms with Crippen LogP contribution in [0.25, 0.3) is 11.3 Å². The monoisotopic (exact) mass is 222 g/mol. The van der Waals surface area contributed by atoms with Crippen LogP contribution in [0.15, 0.2) is 36.4 Å². The van der Waals surface area contributed by atoms with E-state index in [4.69, 9.17) is 11.6 Å². The number of aromatic amines is 1. The molecule has 0 amide bonds. The number of nitrogens with one attached hydrogen (secondary N) is 1. The summed E-state index contributed by atoms with van der Waals surface area (Å²) in [5.41, 5.74) is 1.17. The van der Waals surface area contributed by atoms with Gasteiger partial charge in [0, 0.05) is 5.56 Å². The van der Waals surface area contributed by atoms with Crippen LogP contribution in [0.4, 0.5) is 5.69 Å². The summed E-state index contributed by atoms with van der Waals surface area (Å²) in [5.74, 6) is 0. The van der Waals surface area contributed by atoms with Crippen LogP contribution in [0.2, 0.25) is 5.15 Å². The molecule has 0 aliphatic heterocycles. The van der Waals surface area contributed by atoms with Crippen molar-refractivity contribution >= 4 is 17.3 Å². The highest BCUT2D eigenvalue weighted by Gasteiger charge is 2.18. The average Bonchev–Trinajstić information content (AvgIpc) is 2.62. The molecule has 5 heteroatoms. The SMILES string of the molecule is O=[N+]([O-])c1cc(Cl)[nH]c1-c1ccccc1. The molecule has 1 aromatic carbocycles. The van der Waals surface area contributed by atoms with Crippen LogP contribution in [0.1, 0.15) is 0 Å². The maximum atomic E-state index is 10.7. The van der Waals surface area contributed by atoms with Gasteiger partial charge in [-0.2, -0.15) is 0 Å². The molecule has 0 radical (unpaired) electrons. The molecule has 0 atom stereocenters. The molecule has 0 saturated carbocycles. The zero-order valence-corrected chi connectivity index (χ0v) is 8.36. The van der Waals surface area contributed by atoms with Crippen LogP contribution >= 0.6 is 11.6 Å². The van der Waals surface area contributed by atoms with Crippen LogP contribution in [0.5, 0.6) is 0 Å². The van der Waals surface area contributed by atoms with Crippen molar-refractivity contribution in [3.63, 3.8) is 0 Å². The van der Waals surface area contributed by atoms with E-state index < -0.39 is 4.92 Å². The minimum atomic E-state index is -0.454. The molecule has 0 saturated heterocycles. The molecule has 1 heterocycles. The van der Waals surface area contributed by atoms with Gasteiger partial charge in [0.25, 0.3) is 5.69 Å². The van der Waals surface area contributed by atoms with E-state index in [9.17, 15) is 10.1 Å². The molecule has 15 heavy (non-hydrogen) atoms. The summed E-state index contributed by atoms with van der Waals surface area (Å²) in [6, 6.07) is 10.4. The highest BCUT2D eigenvalue weighted by molar-refractivity contribution is 6.30. The Labute approximate surface area is 90.7 Å². The number of hydrogen-bond acceptors (Lipinski definition) is 2. The van der Waals surface area contributed by atoms with Crippen molar-refractivity contribution in [3.05, 3.63) is 51.7 Å². The first kappa shape index (κ1) is 9.73. The minimum absolute atomic E-state index is 0.00815. The lowest BCUT2D eigenvalue weighted by atomic mass is 10.1. The van der Waals surface area contributed by atoms with Gasteiger partial charge >= 0.3 is 0 Å². The number of aromatic nitrogens is 1. The van der Waals surface area contributed by atoms with Gasteiger partial charge in [-0.15, -0.1) is 0 Å². The molecule has 4 nitrogen and oxygen atoms in total. The Hall–Kier alpha value is -1.81. The summed E-state index contributed by atoms with van der Waals surface area (Å²) in [6.07, 6.45) is 0. The van der Waals surface area contributed by atoms with E-state index in [1.165, 1.54) is 6.07 Å². The maximum Gasteiger partial charge on any atom is 0.296 e. The van der Waals surface area contributed by atoms with Gasteiger partial charge in [0.05, 0.1) is 11.0 Å². The van der Waals surface area contributed by atoms with Gasteiger partial charge < -0.3 is 4.98 Å². The molecule has 2 rings (SSSR count). The van der Waals surface area contributed by atoms with Crippen molar-refractivity contribution in [2.24, 2.45) is 0 Å². The number of rotatable bonds is 2. The molecule has 0 fully saturated rings. The molecule has 1 N–H and O–H groups in total. The molecule has 0 unspecified atom stereocenters. The van der Waals surface area contributed by atoms with E-state index in [2.05, 4.69) is 4.98 Å². The van der Waals surface area contributed by atoms with E-state index in [1.807, 2.05) is 18.2 Å². The van der Waals surface area contributed by atoms with Crippen LogP contribution in [0.3, 0.4) is 0 Å². The third kappa shape index (κ3) is 1.85. The summed E-state index contributed by atoms with van der Waals surface area (Å²) < 4.78 is 0. The molecular weight excluding hydrogens is 216 g/mol. The largest absolute Gasteiger partial charge is 0.340 e. The van der Waals surface area contributed by atoms with Crippen molar-refractivity contribution in [1.82, 2.24) is 4.98 Å². The third-order valence-electron chi connectivity index (χ3n) is 2.02. The Morgan fingerprint density at radius 1 is 1.27 bits per heavy atom. The van der Waals surface area contributed by atoms with Gasteiger partial charge in [-0.3, -0.25) is 10.1 Å². The lowest BCUT2D eigenvalue weighted by Gasteiger charge is -1.96. The molecule has 0 aliphatic rings. The molecule has 76 valence electrons. The first-order chi connectivity index (χ1) is 7.18. The predicted molar refractivity (Wildman–Crippen MR) is 57.9 cm³/mol. The van der Waals surface area contributed by atoms with E-state index in [0.717, 1.165) is 5.56 Å². The molecule has 0 spiro atoms. The van der Waals surface area contributed by atoms with Gasteiger partial charge in [0.15, 0.2) is 0 Å². The van der Waals surface area contributed by atoms with Crippen LogP contribution in [-0.2, 0) is 0 Å². The lowest BCUT2D eigenvalue weighted by Crippen LogP contribution is -1.88. The number of halogens is 1. The summed E-state index contributed by atoms with van der Waals surface area (Å²) in [4.78, 5) is 13.0. The van der Waals surface area contributed by atoms with E-state index in [0.29, 0.717) is 5.69 Å². The molecule has 1 aromatic heterocycles. The number of benzene rings is 1. The van der Waals surface area contributed by atoms with Crippen molar-refractivity contribution in [3.8, 4) is 11.3 Å². The fourth-order valence-electron chi connectivity index (χ4n) is 1.38. The van der Waals surface area contributed by atoms with Crippen LogP contribution < -0.4 is 0 Å². The first-order valence-corrected chi connectivity index (χ1v) is 4.64. The Morgan fingerprint density at radius 3 is 2.53 bits per heavy atom. The Kier molecular flexibility index (Phi) is 2.43. The second-order valence-corrected chi connectivity index (χ2v) is 3.41. The van der Waals surface area contributed by atoms with E-state index in [-0.39, 0.29) is 10.8 Å². The summed E-state index contributed by atoms with van der Waals surface area (Å²) in [6.45, 7) is 0. The molecule has 0 bridgehead atoms. The van der Waals surface area contributed by atoms with Gasteiger partial charge in [0.2, 0.25) is 0 Å².